The van der Waals surface area contributed by atoms with Gasteiger partial charge in [0.25, 0.3) is 5.91 Å². The second-order valence-electron chi connectivity index (χ2n) is 6.73. The monoisotopic (exact) mass is 404 g/mol. The lowest BCUT2D eigenvalue weighted by Crippen LogP contribution is -2.18. The Bertz CT molecular complexity index is 1280. The first-order valence-electron chi connectivity index (χ1n) is 9.08. The summed E-state index contributed by atoms with van der Waals surface area (Å²) in [5.74, 6) is -0.309. The van der Waals surface area contributed by atoms with Crippen LogP contribution in [0, 0.1) is 6.92 Å². The maximum absolute atomic E-state index is 12.7. The number of carbonyl (C=O) groups is 2. The summed E-state index contributed by atoms with van der Waals surface area (Å²) in [5, 5.41) is 6.22. The largest absolute Gasteiger partial charge is 0.326 e. The summed E-state index contributed by atoms with van der Waals surface area (Å²) in [6, 6.07) is 5.89. The number of imidazole rings is 1. The Morgan fingerprint density at radius 1 is 1.21 bits per heavy atom. The molecule has 0 saturated heterocycles. The van der Waals surface area contributed by atoms with E-state index in [1.807, 2.05) is 19.1 Å². The van der Waals surface area contributed by atoms with Gasteiger partial charge in [0.05, 0.1) is 5.69 Å². The van der Waals surface area contributed by atoms with E-state index in [9.17, 15) is 9.59 Å². The molecule has 0 aliphatic carbocycles. The molecule has 0 saturated carbocycles. The zero-order chi connectivity index (χ0) is 20.0. The van der Waals surface area contributed by atoms with Crippen LogP contribution in [0.1, 0.15) is 27.3 Å². The molecule has 0 fully saturated rings. The van der Waals surface area contributed by atoms with Crippen LogP contribution in [0.5, 0.6) is 0 Å². The Balaban J connectivity index is 1.43. The van der Waals surface area contributed by atoms with Crippen LogP contribution in [0.3, 0.4) is 0 Å². The van der Waals surface area contributed by atoms with E-state index in [0.29, 0.717) is 23.6 Å². The van der Waals surface area contributed by atoms with Crippen molar-refractivity contribution < 1.29 is 9.59 Å². The van der Waals surface area contributed by atoms with E-state index in [0.717, 1.165) is 27.4 Å². The zero-order valence-electron chi connectivity index (χ0n) is 15.5. The van der Waals surface area contributed by atoms with Crippen LogP contribution in [-0.2, 0) is 11.2 Å². The number of anilines is 2. The molecule has 2 amide bonds. The first kappa shape index (κ1) is 17.5. The summed E-state index contributed by atoms with van der Waals surface area (Å²) in [6.45, 7) is 1.97. The molecule has 4 aromatic rings. The van der Waals surface area contributed by atoms with E-state index in [1.54, 1.807) is 29.2 Å². The summed E-state index contributed by atoms with van der Waals surface area (Å²) in [7, 11) is 0. The number of rotatable bonds is 3. The van der Waals surface area contributed by atoms with E-state index >= 15 is 0 Å². The minimum Gasteiger partial charge on any atom is -0.326 e. The lowest BCUT2D eigenvalue weighted by atomic mass is 9.99. The Hall–Kier alpha value is -3.59. The summed E-state index contributed by atoms with van der Waals surface area (Å²) in [4.78, 5) is 38.2. The van der Waals surface area contributed by atoms with Crippen LogP contribution in [0.25, 0.3) is 16.9 Å². The molecule has 8 nitrogen and oxygen atoms in total. The number of aromatic nitrogens is 4. The summed E-state index contributed by atoms with van der Waals surface area (Å²) in [5.41, 5.74) is 4.46. The molecular weight excluding hydrogens is 388 g/mol. The minimum absolute atomic E-state index is 0.0428. The second-order valence-corrected chi connectivity index (χ2v) is 7.94. The van der Waals surface area contributed by atoms with Gasteiger partial charge >= 0.3 is 0 Å². The molecule has 3 aromatic heterocycles. The Morgan fingerprint density at radius 3 is 2.90 bits per heavy atom. The van der Waals surface area contributed by atoms with Gasteiger partial charge in [0.15, 0.2) is 16.5 Å². The van der Waals surface area contributed by atoms with E-state index < -0.39 is 0 Å². The van der Waals surface area contributed by atoms with Gasteiger partial charge in [0.2, 0.25) is 5.91 Å². The average Bonchev–Trinajstić information content (AvgIpc) is 3.33. The molecule has 144 valence electrons. The Morgan fingerprint density at radius 2 is 2.03 bits per heavy atom. The van der Waals surface area contributed by atoms with E-state index in [2.05, 4.69) is 31.7 Å². The molecule has 29 heavy (non-hydrogen) atoms. The number of nitrogens with one attached hydrogen (secondary N) is 2. The SMILES string of the molecule is Cc1sc(NC(=O)c2nccn3ccnc23)nc1-c1ccc2c(c1)CCC(=O)N2. The van der Waals surface area contributed by atoms with Crippen molar-refractivity contribution in [1.82, 2.24) is 19.4 Å². The van der Waals surface area contributed by atoms with Crippen molar-refractivity contribution in [3.8, 4) is 11.3 Å². The zero-order valence-corrected chi connectivity index (χ0v) is 16.3. The number of hydrogen-bond acceptors (Lipinski definition) is 6. The number of carbonyl (C=O) groups excluding carboxylic acids is 2. The quantitative estimate of drug-likeness (QED) is 0.546. The molecule has 0 bridgehead atoms. The third-order valence-electron chi connectivity index (χ3n) is 4.82. The van der Waals surface area contributed by atoms with Crippen molar-refractivity contribution in [3.05, 3.63) is 59.1 Å². The molecule has 0 radical (unpaired) electrons. The van der Waals surface area contributed by atoms with Crippen LogP contribution < -0.4 is 10.6 Å². The van der Waals surface area contributed by atoms with Crippen molar-refractivity contribution in [2.24, 2.45) is 0 Å². The first-order chi connectivity index (χ1) is 14.1. The van der Waals surface area contributed by atoms with Crippen LogP contribution in [0.2, 0.25) is 0 Å². The van der Waals surface area contributed by atoms with Gasteiger partial charge in [0.1, 0.15) is 0 Å². The van der Waals surface area contributed by atoms with Gasteiger partial charge in [-0.2, -0.15) is 0 Å². The maximum atomic E-state index is 12.7. The highest BCUT2D eigenvalue weighted by molar-refractivity contribution is 7.16. The molecule has 1 aliphatic heterocycles. The highest BCUT2D eigenvalue weighted by Crippen LogP contribution is 2.34. The normalized spacial score (nSPS) is 13.2. The Labute approximate surface area is 169 Å². The summed E-state index contributed by atoms with van der Waals surface area (Å²) in [6.07, 6.45) is 7.88. The molecule has 0 atom stereocenters. The number of amides is 2. The van der Waals surface area contributed by atoms with Gasteiger partial charge in [-0.1, -0.05) is 6.07 Å². The highest BCUT2D eigenvalue weighted by atomic mass is 32.1. The van der Waals surface area contributed by atoms with E-state index in [-0.39, 0.29) is 17.5 Å². The number of aryl methyl sites for hydroxylation is 2. The fourth-order valence-electron chi connectivity index (χ4n) is 3.42. The number of fused-ring (bicyclic) bond motifs is 2. The van der Waals surface area contributed by atoms with Crippen molar-refractivity contribution in [2.45, 2.75) is 19.8 Å². The van der Waals surface area contributed by atoms with Crippen LogP contribution in [0.15, 0.2) is 43.0 Å². The number of nitrogens with zero attached hydrogens (tertiary/aromatic N) is 4. The smallest absolute Gasteiger partial charge is 0.279 e. The second kappa shape index (κ2) is 6.78. The standard InChI is InChI=1S/C20H16N6O2S/c1-11-16(13-2-4-14-12(10-13)3-5-15(27)23-14)24-20(29-11)25-19(28)17-18-22-7-9-26(18)8-6-21-17/h2,4,6-10H,3,5H2,1H3,(H,23,27)(H,24,25,28). The molecule has 1 aliphatic rings. The predicted molar refractivity (Wildman–Crippen MR) is 110 cm³/mol. The fraction of sp³-hybridized carbons (Fsp3) is 0.150. The van der Waals surface area contributed by atoms with Crippen LogP contribution in [-0.4, -0.2) is 31.2 Å². The maximum Gasteiger partial charge on any atom is 0.279 e. The minimum atomic E-state index is -0.352. The third-order valence-corrected chi connectivity index (χ3v) is 5.70. The van der Waals surface area contributed by atoms with Crippen molar-refractivity contribution in [3.63, 3.8) is 0 Å². The van der Waals surface area contributed by atoms with Crippen molar-refractivity contribution >= 4 is 39.6 Å². The lowest BCUT2D eigenvalue weighted by molar-refractivity contribution is -0.116. The van der Waals surface area contributed by atoms with Crippen LogP contribution >= 0.6 is 11.3 Å². The average molecular weight is 404 g/mol. The number of hydrogen-bond donors (Lipinski definition) is 2. The van der Waals surface area contributed by atoms with Gasteiger partial charge in [-0.25, -0.2) is 15.0 Å². The van der Waals surface area contributed by atoms with Crippen molar-refractivity contribution in [2.75, 3.05) is 10.6 Å². The van der Waals surface area contributed by atoms with Gasteiger partial charge < -0.3 is 9.72 Å². The summed E-state index contributed by atoms with van der Waals surface area (Å²) < 4.78 is 1.74. The lowest BCUT2D eigenvalue weighted by Gasteiger charge is -2.17. The molecule has 9 heteroatoms. The topological polar surface area (TPSA) is 101 Å². The third kappa shape index (κ3) is 3.15. The van der Waals surface area contributed by atoms with Crippen LogP contribution in [0.4, 0.5) is 10.8 Å². The molecule has 0 spiro atoms. The molecule has 1 aromatic carbocycles. The number of thiazole rings is 1. The number of benzene rings is 1. The van der Waals surface area contributed by atoms with Gasteiger partial charge in [0, 0.05) is 47.3 Å². The fourth-order valence-corrected chi connectivity index (χ4v) is 4.25. The molecule has 0 unspecified atom stereocenters. The van der Waals surface area contributed by atoms with E-state index in [1.165, 1.54) is 11.3 Å². The highest BCUT2D eigenvalue weighted by Gasteiger charge is 2.19. The van der Waals surface area contributed by atoms with E-state index in [4.69, 9.17) is 0 Å². The first-order valence-corrected chi connectivity index (χ1v) is 9.90. The molecule has 2 N–H and O–H groups in total. The van der Waals surface area contributed by atoms with Crippen molar-refractivity contribution in [1.29, 1.82) is 0 Å². The molecular formula is C20H16N6O2S. The van der Waals surface area contributed by atoms with Gasteiger partial charge in [-0.3, -0.25) is 14.9 Å². The summed E-state index contributed by atoms with van der Waals surface area (Å²) >= 11 is 1.41. The van der Waals surface area contributed by atoms with Gasteiger partial charge in [-0.15, -0.1) is 11.3 Å². The Kier molecular flexibility index (Phi) is 4.09. The molecule has 4 heterocycles. The van der Waals surface area contributed by atoms with Gasteiger partial charge in [-0.05, 0) is 31.0 Å². The predicted octanol–water partition coefficient (Wildman–Crippen LogP) is 3.30. The molecule has 5 rings (SSSR count).